The Morgan fingerprint density at radius 1 is 1.39 bits per heavy atom. The van der Waals surface area contributed by atoms with Crippen LogP contribution in [0.4, 0.5) is 5.69 Å². The van der Waals surface area contributed by atoms with Crippen LogP contribution in [0.1, 0.15) is 41.6 Å². The smallest absolute Gasteiger partial charge is 0.253 e. The minimum atomic E-state index is -0.437. The number of carbonyl (C=O) groups is 1. The average molecular weight is 248 g/mol. The van der Waals surface area contributed by atoms with Gasteiger partial charge in [0, 0.05) is 5.69 Å². The van der Waals surface area contributed by atoms with Crippen LogP contribution in [0, 0.1) is 6.92 Å². The minimum absolute atomic E-state index is 0.148. The highest BCUT2D eigenvalue weighted by Crippen LogP contribution is 2.21. The molecule has 18 heavy (non-hydrogen) atoms. The van der Waals surface area contributed by atoms with E-state index in [2.05, 4.69) is 5.32 Å². The summed E-state index contributed by atoms with van der Waals surface area (Å²) in [5.74, 6) is -0.184. The van der Waals surface area contributed by atoms with Gasteiger partial charge in [0.15, 0.2) is 0 Å². The number of rotatable bonds is 2. The SMILES string of the molecule is Cc1cccc(N)c1C(=O)NC1CCCCC1O. The van der Waals surface area contributed by atoms with Crippen LogP contribution in [0.3, 0.4) is 0 Å². The van der Waals surface area contributed by atoms with E-state index in [1.54, 1.807) is 6.07 Å². The Bertz CT molecular complexity index is 425. The molecule has 4 heteroatoms. The standard InChI is InChI=1S/C14H20N2O2/c1-9-5-4-6-10(15)13(9)14(18)16-11-7-2-3-8-12(11)17/h4-6,11-12,17H,2-3,7-8,15H2,1H3,(H,16,18). The molecular formula is C14H20N2O2. The number of aryl methyl sites for hydroxylation is 1. The molecule has 1 aromatic carbocycles. The Kier molecular flexibility index (Phi) is 3.87. The molecule has 4 nitrogen and oxygen atoms in total. The quantitative estimate of drug-likeness (QED) is 0.696. The molecule has 2 atom stereocenters. The second kappa shape index (κ2) is 5.40. The summed E-state index contributed by atoms with van der Waals surface area (Å²) in [5.41, 5.74) is 7.71. The number of nitrogens with two attached hydrogens (primary N) is 1. The molecule has 0 saturated heterocycles. The number of aliphatic hydroxyl groups is 1. The Labute approximate surface area is 107 Å². The molecular weight excluding hydrogens is 228 g/mol. The van der Waals surface area contributed by atoms with Crippen molar-refractivity contribution in [2.24, 2.45) is 0 Å². The van der Waals surface area contributed by atoms with Crippen molar-refractivity contribution in [3.63, 3.8) is 0 Å². The van der Waals surface area contributed by atoms with Crippen LogP contribution in [-0.2, 0) is 0 Å². The third-order valence-electron chi connectivity index (χ3n) is 3.58. The molecule has 4 N–H and O–H groups in total. The lowest BCUT2D eigenvalue weighted by molar-refractivity contribution is 0.0717. The van der Waals surface area contributed by atoms with Crippen molar-refractivity contribution in [2.45, 2.75) is 44.8 Å². The number of benzene rings is 1. The summed E-state index contributed by atoms with van der Waals surface area (Å²) < 4.78 is 0. The van der Waals surface area contributed by atoms with Gasteiger partial charge in [0.2, 0.25) is 0 Å². The zero-order valence-corrected chi connectivity index (χ0v) is 10.6. The highest BCUT2D eigenvalue weighted by Gasteiger charge is 2.25. The Morgan fingerprint density at radius 2 is 2.11 bits per heavy atom. The first kappa shape index (κ1) is 12.9. The van der Waals surface area contributed by atoms with Gasteiger partial charge in [-0.3, -0.25) is 4.79 Å². The number of hydrogen-bond donors (Lipinski definition) is 3. The van der Waals surface area contributed by atoms with Crippen molar-refractivity contribution >= 4 is 11.6 Å². The van der Waals surface area contributed by atoms with Crippen molar-refractivity contribution in [3.05, 3.63) is 29.3 Å². The zero-order valence-electron chi connectivity index (χ0n) is 10.6. The predicted molar refractivity (Wildman–Crippen MR) is 71.3 cm³/mol. The fraction of sp³-hybridized carbons (Fsp3) is 0.500. The highest BCUT2D eigenvalue weighted by atomic mass is 16.3. The molecule has 1 aromatic rings. The average Bonchev–Trinajstić information content (AvgIpc) is 2.32. The van der Waals surface area contributed by atoms with Crippen LogP contribution in [-0.4, -0.2) is 23.2 Å². The fourth-order valence-electron chi connectivity index (χ4n) is 2.52. The maximum Gasteiger partial charge on any atom is 0.253 e. The normalized spacial score (nSPS) is 23.7. The van der Waals surface area contributed by atoms with Crippen LogP contribution in [0.25, 0.3) is 0 Å². The molecule has 0 spiro atoms. The second-order valence-corrected chi connectivity index (χ2v) is 4.97. The summed E-state index contributed by atoms with van der Waals surface area (Å²) in [4.78, 5) is 12.2. The van der Waals surface area contributed by atoms with E-state index in [1.807, 2.05) is 19.1 Å². The Hall–Kier alpha value is -1.55. The van der Waals surface area contributed by atoms with E-state index in [1.165, 1.54) is 0 Å². The molecule has 1 saturated carbocycles. The van der Waals surface area contributed by atoms with Gasteiger partial charge in [0.25, 0.3) is 5.91 Å². The summed E-state index contributed by atoms with van der Waals surface area (Å²) >= 11 is 0. The van der Waals surface area contributed by atoms with Crippen molar-refractivity contribution in [1.29, 1.82) is 0 Å². The number of anilines is 1. The molecule has 1 aliphatic carbocycles. The minimum Gasteiger partial charge on any atom is -0.398 e. The fourth-order valence-corrected chi connectivity index (χ4v) is 2.52. The number of carbonyl (C=O) groups excluding carboxylic acids is 1. The van der Waals surface area contributed by atoms with Gasteiger partial charge in [-0.05, 0) is 31.4 Å². The monoisotopic (exact) mass is 248 g/mol. The summed E-state index contributed by atoms with van der Waals surface area (Å²) in [6, 6.07) is 5.27. The van der Waals surface area contributed by atoms with Crippen LogP contribution >= 0.6 is 0 Å². The first-order valence-corrected chi connectivity index (χ1v) is 6.43. The molecule has 0 radical (unpaired) electrons. The molecule has 98 valence electrons. The van der Waals surface area contributed by atoms with Gasteiger partial charge in [0.05, 0.1) is 17.7 Å². The van der Waals surface area contributed by atoms with E-state index >= 15 is 0 Å². The lowest BCUT2D eigenvalue weighted by atomic mass is 9.92. The van der Waals surface area contributed by atoms with Crippen molar-refractivity contribution in [3.8, 4) is 0 Å². The van der Waals surface area contributed by atoms with Crippen LogP contribution in [0.5, 0.6) is 0 Å². The lowest BCUT2D eigenvalue weighted by Gasteiger charge is -2.28. The summed E-state index contributed by atoms with van der Waals surface area (Å²) in [6.07, 6.45) is 3.23. The third-order valence-corrected chi connectivity index (χ3v) is 3.58. The number of aliphatic hydroxyl groups excluding tert-OH is 1. The molecule has 1 fully saturated rings. The number of nitrogen functional groups attached to an aromatic ring is 1. The van der Waals surface area contributed by atoms with E-state index in [9.17, 15) is 9.90 Å². The number of nitrogens with one attached hydrogen (secondary N) is 1. The van der Waals surface area contributed by atoms with Crippen molar-refractivity contribution in [1.82, 2.24) is 5.32 Å². The van der Waals surface area contributed by atoms with Gasteiger partial charge >= 0.3 is 0 Å². The summed E-state index contributed by atoms with van der Waals surface area (Å²) in [7, 11) is 0. The van der Waals surface area contributed by atoms with E-state index in [0.717, 1.165) is 31.2 Å². The summed E-state index contributed by atoms with van der Waals surface area (Å²) in [5, 5.41) is 12.8. The molecule has 0 aliphatic heterocycles. The Balaban J connectivity index is 2.12. The lowest BCUT2D eigenvalue weighted by Crippen LogP contribution is -2.45. The van der Waals surface area contributed by atoms with Crippen LogP contribution in [0.2, 0.25) is 0 Å². The Morgan fingerprint density at radius 3 is 2.78 bits per heavy atom. The van der Waals surface area contributed by atoms with Gasteiger partial charge in [-0.1, -0.05) is 25.0 Å². The molecule has 0 bridgehead atoms. The predicted octanol–water partition coefficient (Wildman–Crippen LogP) is 1.61. The highest BCUT2D eigenvalue weighted by molar-refractivity contribution is 6.00. The van der Waals surface area contributed by atoms with E-state index in [-0.39, 0.29) is 11.9 Å². The molecule has 1 aliphatic rings. The van der Waals surface area contributed by atoms with Crippen LogP contribution in [0.15, 0.2) is 18.2 Å². The number of amides is 1. The topological polar surface area (TPSA) is 75.4 Å². The molecule has 2 unspecified atom stereocenters. The first-order chi connectivity index (χ1) is 8.59. The summed E-state index contributed by atoms with van der Waals surface area (Å²) in [6.45, 7) is 1.86. The van der Waals surface area contributed by atoms with E-state index in [4.69, 9.17) is 5.73 Å². The molecule has 1 amide bonds. The maximum atomic E-state index is 12.2. The van der Waals surface area contributed by atoms with Gasteiger partial charge in [-0.15, -0.1) is 0 Å². The molecule has 0 heterocycles. The molecule has 2 rings (SSSR count). The van der Waals surface area contributed by atoms with Gasteiger partial charge < -0.3 is 16.2 Å². The van der Waals surface area contributed by atoms with Crippen LogP contribution < -0.4 is 11.1 Å². The third kappa shape index (κ3) is 2.64. The zero-order chi connectivity index (χ0) is 13.1. The largest absolute Gasteiger partial charge is 0.398 e. The number of hydrogen-bond acceptors (Lipinski definition) is 3. The van der Waals surface area contributed by atoms with E-state index < -0.39 is 6.10 Å². The van der Waals surface area contributed by atoms with Gasteiger partial charge in [-0.2, -0.15) is 0 Å². The van der Waals surface area contributed by atoms with E-state index in [0.29, 0.717) is 11.3 Å². The first-order valence-electron chi connectivity index (χ1n) is 6.43. The van der Waals surface area contributed by atoms with Crippen molar-refractivity contribution < 1.29 is 9.90 Å². The van der Waals surface area contributed by atoms with Gasteiger partial charge in [-0.25, -0.2) is 0 Å². The second-order valence-electron chi connectivity index (χ2n) is 4.97. The maximum absolute atomic E-state index is 12.2. The van der Waals surface area contributed by atoms with Gasteiger partial charge in [0.1, 0.15) is 0 Å². The molecule has 0 aromatic heterocycles. The van der Waals surface area contributed by atoms with Crippen molar-refractivity contribution in [2.75, 3.05) is 5.73 Å².